The van der Waals surface area contributed by atoms with Gasteiger partial charge in [-0.3, -0.25) is 0 Å². The summed E-state index contributed by atoms with van der Waals surface area (Å²) in [5.41, 5.74) is 3.26. The molecule has 0 heterocycles. The first-order chi connectivity index (χ1) is 12.4. The van der Waals surface area contributed by atoms with E-state index >= 15 is 0 Å². The van der Waals surface area contributed by atoms with Gasteiger partial charge in [-0.05, 0) is 41.8 Å². The Bertz CT molecular complexity index is 808. The highest BCUT2D eigenvalue weighted by molar-refractivity contribution is 7.88. The summed E-state index contributed by atoms with van der Waals surface area (Å²) >= 11 is 0. The highest BCUT2D eigenvalue weighted by Crippen LogP contribution is 2.35. The molecule has 2 aromatic rings. The van der Waals surface area contributed by atoms with Gasteiger partial charge in [0.2, 0.25) is 10.0 Å². The van der Waals surface area contributed by atoms with Crippen LogP contribution in [0.1, 0.15) is 12.0 Å². The average Bonchev–Trinajstić information content (AvgIpc) is 2.63. The number of methoxy groups -OCH3 is 2. The van der Waals surface area contributed by atoms with Crippen molar-refractivity contribution in [3.63, 3.8) is 0 Å². The molecule has 0 saturated carbocycles. The van der Waals surface area contributed by atoms with Crippen LogP contribution in [0.5, 0.6) is 11.5 Å². The maximum Gasteiger partial charge on any atom is 0.208 e. The number of ether oxygens (including phenoxy) is 2. The minimum absolute atomic E-state index is 0.420. The molecule has 142 valence electrons. The molecule has 0 fully saturated rings. The smallest absolute Gasteiger partial charge is 0.208 e. The predicted molar refractivity (Wildman–Crippen MR) is 104 cm³/mol. The molecule has 2 aromatic carbocycles. The Labute approximate surface area is 155 Å². The number of nitrogens with one attached hydrogen (secondary N) is 2. The van der Waals surface area contributed by atoms with Gasteiger partial charge in [-0.1, -0.05) is 30.3 Å². The van der Waals surface area contributed by atoms with Crippen LogP contribution in [-0.2, 0) is 16.6 Å². The molecule has 0 unspecified atom stereocenters. The van der Waals surface area contributed by atoms with Crippen molar-refractivity contribution in [3.8, 4) is 22.6 Å². The summed E-state index contributed by atoms with van der Waals surface area (Å²) in [6.45, 7) is 1.76. The molecule has 0 aliphatic rings. The van der Waals surface area contributed by atoms with E-state index in [2.05, 4.69) is 22.2 Å². The molecular weight excluding hydrogens is 352 g/mol. The van der Waals surface area contributed by atoms with Crippen LogP contribution >= 0.6 is 0 Å². The molecule has 0 saturated heterocycles. The fourth-order valence-corrected chi connectivity index (χ4v) is 3.16. The number of hydrogen-bond donors (Lipinski definition) is 2. The third-order valence-electron chi connectivity index (χ3n) is 3.90. The summed E-state index contributed by atoms with van der Waals surface area (Å²) in [6.07, 6.45) is 1.87. The summed E-state index contributed by atoms with van der Waals surface area (Å²) in [5, 5.41) is 3.36. The molecule has 0 radical (unpaired) electrons. The van der Waals surface area contributed by atoms with Crippen LogP contribution in [0.4, 0.5) is 0 Å². The fraction of sp³-hybridized carbons (Fsp3) is 0.368. The molecule has 0 spiro atoms. The Morgan fingerprint density at radius 2 is 1.62 bits per heavy atom. The average molecular weight is 378 g/mol. The van der Waals surface area contributed by atoms with Crippen molar-refractivity contribution in [2.24, 2.45) is 0 Å². The first-order valence-electron chi connectivity index (χ1n) is 8.40. The molecule has 0 aliphatic carbocycles. The minimum atomic E-state index is -3.13. The summed E-state index contributed by atoms with van der Waals surface area (Å²) in [6, 6.07) is 14.1. The first-order valence-corrected chi connectivity index (χ1v) is 10.3. The second kappa shape index (κ2) is 9.56. The SMILES string of the molecule is COc1cc(CNCCCNS(C)(=O)=O)c(-c2ccccc2)cc1OC. The third-order valence-corrected chi connectivity index (χ3v) is 4.63. The second-order valence-corrected chi connectivity index (χ2v) is 7.76. The first kappa shape index (κ1) is 20.2. The van der Waals surface area contributed by atoms with Gasteiger partial charge in [-0.2, -0.15) is 0 Å². The molecule has 0 aromatic heterocycles. The minimum Gasteiger partial charge on any atom is -0.493 e. The van der Waals surface area contributed by atoms with E-state index in [1.807, 2.05) is 30.3 Å². The van der Waals surface area contributed by atoms with Gasteiger partial charge in [0.05, 0.1) is 20.5 Å². The summed E-state index contributed by atoms with van der Waals surface area (Å²) in [7, 11) is 0.112. The molecule has 26 heavy (non-hydrogen) atoms. The van der Waals surface area contributed by atoms with Crippen molar-refractivity contribution >= 4 is 10.0 Å². The zero-order chi connectivity index (χ0) is 19.0. The fourth-order valence-electron chi connectivity index (χ4n) is 2.65. The normalized spacial score (nSPS) is 11.3. The Morgan fingerprint density at radius 1 is 0.962 bits per heavy atom. The van der Waals surface area contributed by atoms with Crippen molar-refractivity contribution in [1.82, 2.24) is 10.0 Å². The van der Waals surface area contributed by atoms with Crippen LogP contribution in [0.2, 0.25) is 0 Å². The van der Waals surface area contributed by atoms with E-state index in [-0.39, 0.29) is 0 Å². The van der Waals surface area contributed by atoms with Gasteiger partial charge < -0.3 is 14.8 Å². The van der Waals surface area contributed by atoms with E-state index < -0.39 is 10.0 Å². The van der Waals surface area contributed by atoms with Gasteiger partial charge in [-0.25, -0.2) is 13.1 Å². The van der Waals surface area contributed by atoms with Gasteiger partial charge in [0, 0.05) is 13.1 Å². The van der Waals surface area contributed by atoms with Crippen LogP contribution in [0, 0.1) is 0 Å². The summed E-state index contributed by atoms with van der Waals surface area (Å²) < 4.78 is 35.5. The van der Waals surface area contributed by atoms with Crippen molar-refractivity contribution in [2.45, 2.75) is 13.0 Å². The lowest BCUT2D eigenvalue weighted by Crippen LogP contribution is -2.26. The summed E-state index contributed by atoms with van der Waals surface area (Å²) in [4.78, 5) is 0. The molecular formula is C19H26N2O4S. The van der Waals surface area contributed by atoms with Gasteiger partial charge in [0.1, 0.15) is 0 Å². The number of rotatable bonds is 10. The van der Waals surface area contributed by atoms with Crippen molar-refractivity contribution in [3.05, 3.63) is 48.0 Å². The molecule has 2 N–H and O–H groups in total. The lowest BCUT2D eigenvalue weighted by atomic mass is 9.98. The Hall–Kier alpha value is -2.09. The van der Waals surface area contributed by atoms with Crippen LogP contribution in [0.3, 0.4) is 0 Å². The largest absolute Gasteiger partial charge is 0.493 e. The zero-order valence-corrected chi connectivity index (χ0v) is 16.2. The number of hydrogen-bond acceptors (Lipinski definition) is 5. The van der Waals surface area contributed by atoms with Crippen molar-refractivity contribution < 1.29 is 17.9 Å². The highest BCUT2D eigenvalue weighted by Gasteiger charge is 2.12. The predicted octanol–water partition coefficient (Wildman–Crippen LogP) is 2.40. The van der Waals surface area contributed by atoms with Crippen molar-refractivity contribution in [1.29, 1.82) is 0 Å². The Kier molecular flexibility index (Phi) is 7.44. The lowest BCUT2D eigenvalue weighted by Gasteiger charge is -2.16. The van der Waals surface area contributed by atoms with Crippen LogP contribution in [0.25, 0.3) is 11.1 Å². The van der Waals surface area contributed by atoms with Gasteiger partial charge in [0.15, 0.2) is 11.5 Å². The van der Waals surface area contributed by atoms with Gasteiger partial charge in [0.25, 0.3) is 0 Å². The highest BCUT2D eigenvalue weighted by atomic mass is 32.2. The molecule has 6 nitrogen and oxygen atoms in total. The van der Waals surface area contributed by atoms with Gasteiger partial charge in [-0.15, -0.1) is 0 Å². The lowest BCUT2D eigenvalue weighted by molar-refractivity contribution is 0.354. The second-order valence-electron chi connectivity index (χ2n) is 5.93. The topological polar surface area (TPSA) is 76.7 Å². The molecule has 0 atom stereocenters. The van der Waals surface area contributed by atoms with E-state index in [4.69, 9.17) is 9.47 Å². The van der Waals surface area contributed by atoms with E-state index in [9.17, 15) is 8.42 Å². The maximum absolute atomic E-state index is 11.1. The number of sulfonamides is 1. The van der Waals surface area contributed by atoms with E-state index in [0.29, 0.717) is 37.6 Å². The van der Waals surface area contributed by atoms with E-state index in [1.165, 1.54) is 0 Å². The maximum atomic E-state index is 11.1. The van der Waals surface area contributed by atoms with E-state index in [0.717, 1.165) is 22.9 Å². The monoisotopic (exact) mass is 378 g/mol. The van der Waals surface area contributed by atoms with E-state index in [1.54, 1.807) is 14.2 Å². The zero-order valence-electron chi connectivity index (χ0n) is 15.4. The molecule has 0 bridgehead atoms. The molecule has 2 rings (SSSR count). The van der Waals surface area contributed by atoms with Crippen LogP contribution < -0.4 is 19.5 Å². The molecule has 0 aliphatic heterocycles. The number of benzene rings is 2. The van der Waals surface area contributed by atoms with Gasteiger partial charge >= 0.3 is 0 Å². The molecule has 0 amide bonds. The van der Waals surface area contributed by atoms with Crippen LogP contribution in [-0.4, -0.2) is 42.0 Å². The molecule has 7 heteroatoms. The standard InChI is InChI=1S/C19H26N2O4S/c1-24-18-12-16(14-20-10-7-11-21-26(3,22)23)17(13-19(18)25-2)15-8-5-4-6-9-15/h4-6,8-9,12-13,20-21H,7,10-11,14H2,1-3H3. The quantitative estimate of drug-likeness (QED) is 0.621. The third kappa shape index (κ3) is 6.01. The van der Waals surface area contributed by atoms with Crippen LogP contribution in [0.15, 0.2) is 42.5 Å². The van der Waals surface area contributed by atoms with Crippen molar-refractivity contribution in [2.75, 3.05) is 33.6 Å². The Morgan fingerprint density at radius 3 is 2.23 bits per heavy atom. The summed E-state index contributed by atoms with van der Waals surface area (Å²) in [5.74, 6) is 1.37. The Balaban J connectivity index is 2.10.